The van der Waals surface area contributed by atoms with Crippen LogP contribution >= 0.6 is 0 Å². The van der Waals surface area contributed by atoms with E-state index in [1.807, 2.05) is 36.4 Å². The predicted octanol–water partition coefficient (Wildman–Crippen LogP) is 4.67. The van der Waals surface area contributed by atoms with E-state index in [9.17, 15) is 13.2 Å². The molecule has 2 unspecified atom stereocenters. The van der Waals surface area contributed by atoms with E-state index >= 15 is 0 Å². The second-order valence-electron chi connectivity index (χ2n) is 9.13. The summed E-state index contributed by atoms with van der Waals surface area (Å²) in [6.45, 7) is 4.56. The molecule has 2 atom stereocenters. The van der Waals surface area contributed by atoms with Crippen LogP contribution in [0.15, 0.2) is 53.8 Å². The minimum Gasteiger partial charge on any atom is -0.481 e. The Balaban J connectivity index is 1.66. The van der Waals surface area contributed by atoms with E-state index in [0.717, 1.165) is 36.9 Å². The summed E-state index contributed by atoms with van der Waals surface area (Å²) in [6.07, 6.45) is 8.78. The Bertz CT molecular complexity index is 916. The highest BCUT2D eigenvalue weighted by atomic mass is 32.2. The number of sulfonamides is 1. The number of carboxylic acid groups (broad SMARTS) is 1. The van der Waals surface area contributed by atoms with Gasteiger partial charge in [-0.1, -0.05) is 56.3 Å². The van der Waals surface area contributed by atoms with Crippen molar-refractivity contribution in [2.75, 3.05) is 5.75 Å². The summed E-state index contributed by atoms with van der Waals surface area (Å²) < 4.78 is 28.4. The van der Waals surface area contributed by atoms with Gasteiger partial charge in [-0.3, -0.25) is 9.52 Å². The second kappa shape index (κ2) is 9.38. The van der Waals surface area contributed by atoms with Gasteiger partial charge in [-0.2, -0.15) is 0 Å². The zero-order valence-corrected chi connectivity index (χ0v) is 18.7. The van der Waals surface area contributed by atoms with Crippen LogP contribution in [0.25, 0.3) is 0 Å². The summed E-state index contributed by atoms with van der Waals surface area (Å²) in [5, 5.41) is 8.73. The van der Waals surface area contributed by atoms with Gasteiger partial charge in [0.15, 0.2) is 0 Å². The molecule has 0 heterocycles. The molecule has 4 rings (SSSR count). The van der Waals surface area contributed by atoms with Crippen LogP contribution in [-0.2, 0) is 21.2 Å². The summed E-state index contributed by atoms with van der Waals surface area (Å²) in [5.41, 5.74) is 3.33. The zero-order chi connectivity index (χ0) is 21.8. The van der Waals surface area contributed by atoms with Crippen LogP contribution in [0.1, 0.15) is 57.9 Å². The van der Waals surface area contributed by atoms with Crippen LogP contribution in [-0.4, -0.2) is 25.2 Å². The summed E-state index contributed by atoms with van der Waals surface area (Å²) in [4.78, 5) is 10.6. The monoisotopic (exact) mass is 431 g/mol. The third-order valence-electron chi connectivity index (χ3n) is 6.78. The quantitative estimate of drug-likeness (QED) is 0.394. The van der Waals surface area contributed by atoms with E-state index in [0.29, 0.717) is 24.7 Å². The standard InChI is InChI=1S/C24H33NO4S/c1-24(2)19-16-21(24)20(12-8-3-4-9-13-23(26)27)22(17-19)25-30(28,29)15-14-18-10-6-5-7-11-18/h3,5-8,10-11,19,21,25H,4,9,12-17H2,1-2H3,(H,26,27). The second-order valence-corrected chi connectivity index (χ2v) is 11.0. The molecular weight excluding hydrogens is 398 g/mol. The zero-order valence-electron chi connectivity index (χ0n) is 17.9. The van der Waals surface area contributed by atoms with Crippen LogP contribution < -0.4 is 4.72 Å². The first-order chi connectivity index (χ1) is 14.2. The first kappa shape index (κ1) is 22.6. The van der Waals surface area contributed by atoms with Crippen LogP contribution in [0.4, 0.5) is 0 Å². The topological polar surface area (TPSA) is 83.5 Å². The van der Waals surface area contributed by atoms with Crippen molar-refractivity contribution in [2.45, 2.75) is 58.8 Å². The molecule has 1 fully saturated rings. The number of aliphatic carboxylic acids is 1. The summed E-state index contributed by atoms with van der Waals surface area (Å²) in [5.74, 6) is 0.245. The molecule has 0 aromatic heterocycles. The van der Waals surface area contributed by atoms with Gasteiger partial charge in [0.25, 0.3) is 0 Å². The van der Waals surface area contributed by atoms with E-state index in [4.69, 9.17) is 5.11 Å². The van der Waals surface area contributed by atoms with Crippen molar-refractivity contribution in [2.24, 2.45) is 17.3 Å². The lowest BCUT2D eigenvalue weighted by atomic mass is 9.48. The number of benzene rings is 1. The third-order valence-corrected chi connectivity index (χ3v) is 8.08. The van der Waals surface area contributed by atoms with Crippen molar-refractivity contribution in [3.8, 4) is 0 Å². The molecule has 3 aliphatic rings. The SMILES string of the molecule is CC1(C)C2CC(NS(=O)(=O)CCc3ccccc3)=C(CC=CCCCC(=O)O)C1C2. The number of aryl methyl sites for hydroxylation is 1. The Morgan fingerprint density at radius 2 is 1.97 bits per heavy atom. The lowest BCUT2D eigenvalue weighted by molar-refractivity contribution is -0.137. The number of rotatable bonds is 11. The highest BCUT2D eigenvalue weighted by Gasteiger charge is 2.53. The third kappa shape index (κ3) is 5.54. The highest BCUT2D eigenvalue weighted by Crippen LogP contribution is 2.61. The number of carboxylic acids is 1. The fourth-order valence-corrected chi connectivity index (χ4v) is 5.95. The molecule has 2 N–H and O–H groups in total. The Labute approximate surface area is 180 Å². The van der Waals surface area contributed by atoms with Gasteiger partial charge in [0, 0.05) is 12.1 Å². The normalized spacial score (nSPS) is 22.7. The minimum absolute atomic E-state index is 0.0809. The highest BCUT2D eigenvalue weighted by molar-refractivity contribution is 7.89. The molecule has 0 amide bonds. The molecule has 2 bridgehead atoms. The van der Waals surface area contributed by atoms with Crippen molar-refractivity contribution >= 4 is 16.0 Å². The Hall–Kier alpha value is -2.08. The maximum absolute atomic E-state index is 12.8. The number of carbonyl (C=O) groups is 1. The fraction of sp³-hybridized carbons (Fsp3) is 0.542. The largest absolute Gasteiger partial charge is 0.481 e. The number of hydrogen-bond donors (Lipinski definition) is 2. The number of allylic oxidation sites excluding steroid dienone is 4. The molecule has 1 aromatic carbocycles. The Kier molecular flexibility index (Phi) is 7.06. The van der Waals surface area contributed by atoms with Gasteiger partial charge in [0.1, 0.15) is 0 Å². The lowest BCUT2D eigenvalue weighted by Crippen LogP contribution is -2.51. The summed E-state index contributed by atoms with van der Waals surface area (Å²) in [6, 6.07) is 9.69. The van der Waals surface area contributed by atoms with E-state index in [1.54, 1.807) is 0 Å². The van der Waals surface area contributed by atoms with Crippen molar-refractivity contribution in [1.82, 2.24) is 4.72 Å². The Morgan fingerprint density at radius 3 is 2.63 bits per heavy atom. The molecule has 3 aliphatic carbocycles. The number of fused-ring (bicyclic) bond motifs is 1. The number of hydrogen-bond acceptors (Lipinski definition) is 3. The van der Waals surface area contributed by atoms with Gasteiger partial charge in [0.2, 0.25) is 10.0 Å². The summed E-state index contributed by atoms with van der Waals surface area (Å²) >= 11 is 0. The maximum atomic E-state index is 12.8. The first-order valence-corrected chi connectivity index (χ1v) is 12.5. The average Bonchev–Trinajstić information content (AvgIpc) is 2.70. The number of unbranched alkanes of at least 4 members (excludes halogenated alkanes) is 1. The van der Waals surface area contributed by atoms with E-state index < -0.39 is 16.0 Å². The fourth-order valence-electron chi connectivity index (χ4n) is 4.75. The molecule has 1 saturated carbocycles. The smallest absolute Gasteiger partial charge is 0.303 e. The molecule has 164 valence electrons. The predicted molar refractivity (Wildman–Crippen MR) is 119 cm³/mol. The first-order valence-electron chi connectivity index (χ1n) is 10.8. The van der Waals surface area contributed by atoms with Crippen LogP contribution in [0.3, 0.4) is 0 Å². The molecule has 30 heavy (non-hydrogen) atoms. The van der Waals surface area contributed by atoms with Crippen LogP contribution in [0, 0.1) is 17.3 Å². The van der Waals surface area contributed by atoms with Crippen LogP contribution in [0.2, 0.25) is 0 Å². The molecule has 0 spiro atoms. The molecule has 0 radical (unpaired) electrons. The van der Waals surface area contributed by atoms with E-state index in [1.165, 1.54) is 5.57 Å². The van der Waals surface area contributed by atoms with Gasteiger partial charge in [-0.05, 0) is 66.9 Å². The molecule has 0 aliphatic heterocycles. The van der Waals surface area contributed by atoms with E-state index in [2.05, 4.69) is 24.6 Å². The molecule has 1 aromatic rings. The van der Waals surface area contributed by atoms with Crippen molar-refractivity contribution in [1.29, 1.82) is 0 Å². The Morgan fingerprint density at radius 1 is 1.23 bits per heavy atom. The van der Waals surface area contributed by atoms with Gasteiger partial charge in [-0.25, -0.2) is 8.42 Å². The molecule has 0 saturated heterocycles. The van der Waals surface area contributed by atoms with Gasteiger partial charge in [-0.15, -0.1) is 0 Å². The van der Waals surface area contributed by atoms with E-state index in [-0.39, 0.29) is 17.6 Å². The van der Waals surface area contributed by atoms with Crippen LogP contribution in [0.5, 0.6) is 0 Å². The maximum Gasteiger partial charge on any atom is 0.303 e. The van der Waals surface area contributed by atoms with Crippen molar-refractivity contribution in [3.63, 3.8) is 0 Å². The molecular formula is C24H33NO4S. The van der Waals surface area contributed by atoms with Gasteiger partial charge < -0.3 is 5.11 Å². The average molecular weight is 432 g/mol. The molecule has 5 nitrogen and oxygen atoms in total. The van der Waals surface area contributed by atoms with Gasteiger partial charge >= 0.3 is 5.97 Å². The van der Waals surface area contributed by atoms with Gasteiger partial charge in [0.05, 0.1) is 5.75 Å². The number of nitrogens with one attached hydrogen (secondary N) is 1. The van der Waals surface area contributed by atoms with Crippen molar-refractivity contribution in [3.05, 3.63) is 59.3 Å². The molecule has 6 heteroatoms. The summed E-state index contributed by atoms with van der Waals surface area (Å²) in [7, 11) is -3.40. The van der Waals surface area contributed by atoms with Crippen molar-refractivity contribution < 1.29 is 18.3 Å². The lowest BCUT2D eigenvalue weighted by Gasteiger charge is -2.58. The minimum atomic E-state index is -3.40.